The predicted octanol–water partition coefficient (Wildman–Crippen LogP) is 5.02. The highest BCUT2D eigenvalue weighted by atomic mass is 16.5. The third kappa shape index (κ3) is 3.41. The van der Waals surface area contributed by atoms with E-state index in [2.05, 4.69) is 58.5 Å². The first-order valence-corrected chi connectivity index (χ1v) is 8.47. The topological polar surface area (TPSA) is 37.9 Å². The minimum Gasteiger partial charge on any atom is -0.497 e. The third-order valence-electron chi connectivity index (χ3n) is 4.55. The fraction of sp³-hybridized carbons (Fsp3) is 0.136. The summed E-state index contributed by atoms with van der Waals surface area (Å²) < 4.78 is 5.20. The summed E-state index contributed by atoms with van der Waals surface area (Å²) in [7, 11) is 1.69. The second-order valence-corrected chi connectivity index (χ2v) is 6.18. The van der Waals surface area contributed by atoms with Gasteiger partial charge in [-0.15, -0.1) is 0 Å². The van der Waals surface area contributed by atoms with Crippen molar-refractivity contribution in [3.8, 4) is 16.9 Å². The number of methoxy groups -OCH3 is 1. The monoisotopic (exact) mass is 328 g/mol. The Bertz CT molecular complexity index is 969. The maximum Gasteiger partial charge on any atom is 0.137 e. The molecule has 0 spiro atoms. The SMILES string of the molecule is COc1ccc(CCc2ccc(-c3cnc4[nH]ccc4c3)cc2)cc1. The Morgan fingerprint density at radius 3 is 2.20 bits per heavy atom. The van der Waals surface area contributed by atoms with E-state index >= 15 is 0 Å². The van der Waals surface area contributed by atoms with Gasteiger partial charge in [0.1, 0.15) is 11.4 Å². The van der Waals surface area contributed by atoms with Gasteiger partial charge in [0.2, 0.25) is 0 Å². The van der Waals surface area contributed by atoms with E-state index in [4.69, 9.17) is 4.74 Å². The first-order valence-electron chi connectivity index (χ1n) is 8.47. The van der Waals surface area contributed by atoms with Crippen LogP contribution in [-0.4, -0.2) is 17.1 Å². The van der Waals surface area contributed by atoms with Crippen molar-refractivity contribution < 1.29 is 4.74 Å². The number of benzene rings is 2. The summed E-state index contributed by atoms with van der Waals surface area (Å²) in [4.78, 5) is 7.59. The Kier molecular flexibility index (Phi) is 4.21. The van der Waals surface area contributed by atoms with Crippen molar-refractivity contribution in [3.63, 3.8) is 0 Å². The van der Waals surface area contributed by atoms with Crippen LogP contribution < -0.4 is 4.74 Å². The van der Waals surface area contributed by atoms with Gasteiger partial charge in [-0.1, -0.05) is 36.4 Å². The Balaban J connectivity index is 1.45. The lowest BCUT2D eigenvalue weighted by molar-refractivity contribution is 0.414. The molecule has 2 aromatic heterocycles. The van der Waals surface area contributed by atoms with Gasteiger partial charge in [0.15, 0.2) is 0 Å². The summed E-state index contributed by atoms with van der Waals surface area (Å²) in [5, 5.41) is 1.14. The summed E-state index contributed by atoms with van der Waals surface area (Å²) in [6, 6.07) is 21.3. The Morgan fingerprint density at radius 2 is 1.52 bits per heavy atom. The van der Waals surface area contributed by atoms with Crippen LogP contribution in [0.1, 0.15) is 11.1 Å². The first kappa shape index (κ1) is 15.5. The summed E-state index contributed by atoms with van der Waals surface area (Å²) in [6.07, 6.45) is 5.90. The molecule has 2 aromatic carbocycles. The maximum atomic E-state index is 5.20. The molecule has 0 radical (unpaired) electrons. The second-order valence-electron chi connectivity index (χ2n) is 6.18. The highest BCUT2D eigenvalue weighted by Gasteiger charge is 2.03. The Hall–Kier alpha value is -3.07. The molecule has 1 N–H and O–H groups in total. The van der Waals surface area contributed by atoms with Crippen molar-refractivity contribution >= 4 is 11.0 Å². The average Bonchev–Trinajstić information content (AvgIpc) is 3.15. The predicted molar refractivity (Wildman–Crippen MR) is 102 cm³/mol. The van der Waals surface area contributed by atoms with Gasteiger partial charge in [0.05, 0.1) is 7.11 Å². The van der Waals surface area contributed by atoms with E-state index in [-0.39, 0.29) is 0 Å². The standard InChI is InChI=1S/C22H20N2O/c1-25-21-10-6-17(7-11-21)3-2-16-4-8-18(9-5-16)20-14-19-12-13-23-22(19)24-15-20/h4-15H,2-3H2,1H3,(H,23,24). The number of ether oxygens (including phenoxy) is 1. The zero-order valence-corrected chi connectivity index (χ0v) is 14.2. The fourth-order valence-corrected chi connectivity index (χ4v) is 3.04. The number of hydrogen-bond acceptors (Lipinski definition) is 2. The van der Waals surface area contributed by atoms with Gasteiger partial charge < -0.3 is 9.72 Å². The van der Waals surface area contributed by atoms with Crippen molar-refractivity contribution in [3.05, 3.63) is 84.2 Å². The number of pyridine rings is 1. The first-order chi connectivity index (χ1) is 12.3. The molecule has 4 aromatic rings. The normalized spacial score (nSPS) is 10.9. The molecular formula is C22H20N2O. The smallest absolute Gasteiger partial charge is 0.137 e. The summed E-state index contributed by atoms with van der Waals surface area (Å²) >= 11 is 0. The van der Waals surface area contributed by atoms with Crippen molar-refractivity contribution in [1.82, 2.24) is 9.97 Å². The molecule has 0 aliphatic heterocycles. The number of hydrogen-bond donors (Lipinski definition) is 1. The molecule has 0 fully saturated rings. The average molecular weight is 328 g/mol. The van der Waals surface area contributed by atoms with Gasteiger partial charge >= 0.3 is 0 Å². The molecule has 0 unspecified atom stereocenters. The highest BCUT2D eigenvalue weighted by Crippen LogP contribution is 2.23. The summed E-state index contributed by atoms with van der Waals surface area (Å²) in [5.74, 6) is 0.904. The van der Waals surface area contributed by atoms with Crippen LogP contribution in [0.25, 0.3) is 22.2 Å². The molecular weight excluding hydrogens is 308 g/mol. The minimum atomic E-state index is 0.904. The van der Waals surface area contributed by atoms with Crippen molar-refractivity contribution in [2.45, 2.75) is 12.8 Å². The second kappa shape index (κ2) is 6.81. The number of aromatic nitrogens is 2. The van der Waals surface area contributed by atoms with Crippen molar-refractivity contribution in [1.29, 1.82) is 0 Å². The van der Waals surface area contributed by atoms with Gasteiger partial charge in [0.25, 0.3) is 0 Å². The lowest BCUT2D eigenvalue weighted by Crippen LogP contribution is -1.92. The quantitative estimate of drug-likeness (QED) is 0.558. The Morgan fingerprint density at radius 1 is 0.840 bits per heavy atom. The number of H-pyrrole nitrogens is 1. The van der Waals surface area contributed by atoms with Crippen LogP contribution in [0.3, 0.4) is 0 Å². The van der Waals surface area contributed by atoms with E-state index in [1.165, 1.54) is 16.7 Å². The third-order valence-corrected chi connectivity index (χ3v) is 4.55. The number of nitrogens with zero attached hydrogens (tertiary/aromatic N) is 1. The lowest BCUT2D eigenvalue weighted by atomic mass is 10.0. The van der Waals surface area contributed by atoms with Crippen molar-refractivity contribution in [2.75, 3.05) is 7.11 Å². The van der Waals surface area contributed by atoms with E-state index in [1.807, 2.05) is 24.5 Å². The summed E-state index contributed by atoms with van der Waals surface area (Å²) in [5.41, 5.74) is 5.94. The van der Waals surface area contributed by atoms with Crippen molar-refractivity contribution in [2.24, 2.45) is 0 Å². The van der Waals surface area contributed by atoms with E-state index in [0.717, 1.165) is 35.2 Å². The number of rotatable bonds is 5. The van der Waals surface area contributed by atoms with Gasteiger partial charge in [-0.25, -0.2) is 4.98 Å². The van der Waals surface area contributed by atoms with E-state index in [9.17, 15) is 0 Å². The van der Waals surface area contributed by atoms with Crippen LogP contribution in [0.15, 0.2) is 73.1 Å². The summed E-state index contributed by atoms with van der Waals surface area (Å²) in [6.45, 7) is 0. The van der Waals surface area contributed by atoms with Gasteiger partial charge in [-0.05, 0) is 53.8 Å². The highest BCUT2D eigenvalue weighted by molar-refractivity contribution is 5.81. The molecule has 0 bridgehead atoms. The molecule has 124 valence electrons. The molecule has 25 heavy (non-hydrogen) atoms. The molecule has 3 heteroatoms. The number of aryl methyl sites for hydroxylation is 2. The number of nitrogens with one attached hydrogen (secondary N) is 1. The lowest BCUT2D eigenvalue weighted by Gasteiger charge is -2.06. The van der Waals surface area contributed by atoms with Gasteiger partial charge in [-0.2, -0.15) is 0 Å². The van der Waals surface area contributed by atoms with Crippen LogP contribution in [0.4, 0.5) is 0 Å². The van der Waals surface area contributed by atoms with Gasteiger partial charge in [-0.3, -0.25) is 0 Å². The zero-order chi connectivity index (χ0) is 17.1. The molecule has 3 nitrogen and oxygen atoms in total. The van der Waals surface area contributed by atoms with Gasteiger partial charge in [0, 0.05) is 23.3 Å². The van der Waals surface area contributed by atoms with Crippen LogP contribution in [-0.2, 0) is 12.8 Å². The minimum absolute atomic E-state index is 0.904. The molecule has 0 amide bonds. The number of aromatic amines is 1. The molecule has 0 aliphatic carbocycles. The fourth-order valence-electron chi connectivity index (χ4n) is 3.04. The van der Waals surface area contributed by atoms with E-state index < -0.39 is 0 Å². The van der Waals surface area contributed by atoms with Crippen LogP contribution in [0.5, 0.6) is 5.75 Å². The largest absolute Gasteiger partial charge is 0.497 e. The molecule has 2 heterocycles. The van der Waals surface area contributed by atoms with Crippen LogP contribution in [0.2, 0.25) is 0 Å². The van der Waals surface area contributed by atoms with Crippen LogP contribution in [0, 0.1) is 0 Å². The molecule has 4 rings (SSSR count). The van der Waals surface area contributed by atoms with E-state index in [0.29, 0.717) is 0 Å². The molecule has 0 saturated heterocycles. The number of fused-ring (bicyclic) bond motifs is 1. The maximum absolute atomic E-state index is 5.20. The zero-order valence-electron chi connectivity index (χ0n) is 14.2. The Labute approximate surface area is 147 Å². The molecule has 0 aliphatic rings. The van der Waals surface area contributed by atoms with E-state index in [1.54, 1.807) is 7.11 Å². The molecule has 0 saturated carbocycles. The molecule has 0 atom stereocenters. The van der Waals surface area contributed by atoms with Crippen LogP contribution >= 0.6 is 0 Å².